The van der Waals surface area contributed by atoms with Crippen molar-refractivity contribution in [1.82, 2.24) is 4.90 Å². The van der Waals surface area contributed by atoms with Gasteiger partial charge in [-0.3, -0.25) is 4.79 Å². The number of anilines is 1. The van der Waals surface area contributed by atoms with Crippen LogP contribution >= 0.6 is 0 Å². The van der Waals surface area contributed by atoms with Crippen molar-refractivity contribution in [1.29, 1.82) is 0 Å². The Morgan fingerprint density at radius 3 is 2.74 bits per heavy atom. The Hall–Kier alpha value is -2.04. The summed E-state index contributed by atoms with van der Waals surface area (Å²) in [4.78, 5) is 26.9. The molecule has 0 aromatic heterocycles. The van der Waals surface area contributed by atoms with Crippen molar-refractivity contribution < 1.29 is 14.7 Å². The molecule has 1 heterocycles. The number of carbonyl (C=O) groups is 2. The smallest absolute Gasteiger partial charge is 0.326 e. The number of nitrogens with zero attached hydrogens (tertiary/aromatic N) is 2. The second-order valence-corrected chi connectivity index (χ2v) is 4.94. The number of carboxylic acid groups (broad SMARTS) is 1. The van der Waals surface area contributed by atoms with Gasteiger partial charge >= 0.3 is 5.97 Å². The number of carbonyl (C=O) groups excluding carboxylic acids is 1. The molecule has 1 amide bonds. The monoisotopic (exact) mass is 262 g/mol. The molecule has 1 unspecified atom stereocenters. The highest BCUT2D eigenvalue weighted by Crippen LogP contribution is 2.22. The molecule has 0 bridgehead atoms. The number of benzene rings is 1. The minimum Gasteiger partial charge on any atom is -0.480 e. The highest BCUT2D eigenvalue weighted by atomic mass is 16.4. The van der Waals surface area contributed by atoms with Gasteiger partial charge in [0.15, 0.2) is 0 Å². The fourth-order valence-corrected chi connectivity index (χ4v) is 2.35. The van der Waals surface area contributed by atoms with Crippen molar-refractivity contribution in [2.24, 2.45) is 0 Å². The summed E-state index contributed by atoms with van der Waals surface area (Å²) in [6.07, 6.45) is 1.28. The molecule has 5 nitrogen and oxygen atoms in total. The Bertz CT molecular complexity index is 499. The molecule has 1 saturated heterocycles. The lowest BCUT2D eigenvalue weighted by molar-refractivity contribution is -0.141. The van der Waals surface area contributed by atoms with Gasteiger partial charge in [-0.25, -0.2) is 4.79 Å². The predicted molar refractivity (Wildman–Crippen MR) is 72.5 cm³/mol. The molecule has 1 aromatic carbocycles. The first-order valence-electron chi connectivity index (χ1n) is 6.32. The zero-order chi connectivity index (χ0) is 14.0. The van der Waals surface area contributed by atoms with E-state index in [4.69, 9.17) is 5.11 Å². The Labute approximate surface area is 112 Å². The third-order valence-electron chi connectivity index (χ3n) is 3.41. The largest absolute Gasteiger partial charge is 0.480 e. The summed E-state index contributed by atoms with van der Waals surface area (Å²) in [5.41, 5.74) is 1.47. The van der Waals surface area contributed by atoms with Gasteiger partial charge in [-0.1, -0.05) is 6.07 Å². The normalized spacial score (nSPS) is 18.4. The van der Waals surface area contributed by atoms with Gasteiger partial charge in [0, 0.05) is 31.9 Å². The lowest BCUT2D eigenvalue weighted by Crippen LogP contribution is -2.40. The molecule has 1 aromatic rings. The third-order valence-corrected chi connectivity index (χ3v) is 3.41. The fourth-order valence-electron chi connectivity index (χ4n) is 2.35. The summed E-state index contributed by atoms with van der Waals surface area (Å²) in [5, 5.41) is 9.12. The van der Waals surface area contributed by atoms with Crippen LogP contribution in [0.25, 0.3) is 0 Å². The van der Waals surface area contributed by atoms with Crippen molar-refractivity contribution in [2.75, 3.05) is 25.5 Å². The van der Waals surface area contributed by atoms with Crippen LogP contribution in [0.2, 0.25) is 0 Å². The van der Waals surface area contributed by atoms with Crippen LogP contribution in [0.3, 0.4) is 0 Å². The van der Waals surface area contributed by atoms with E-state index in [9.17, 15) is 9.59 Å². The predicted octanol–water partition coefficient (Wildman–Crippen LogP) is 1.44. The van der Waals surface area contributed by atoms with E-state index in [-0.39, 0.29) is 5.91 Å². The van der Waals surface area contributed by atoms with E-state index in [1.165, 1.54) is 4.90 Å². The quantitative estimate of drug-likeness (QED) is 0.895. The molecule has 0 radical (unpaired) electrons. The van der Waals surface area contributed by atoms with Crippen molar-refractivity contribution >= 4 is 17.6 Å². The van der Waals surface area contributed by atoms with E-state index in [2.05, 4.69) is 0 Å². The van der Waals surface area contributed by atoms with Gasteiger partial charge in [-0.15, -0.1) is 0 Å². The lowest BCUT2D eigenvalue weighted by Gasteiger charge is -2.22. The highest BCUT2D eigenvalue weighted by molar-refractivity contribution is 5.97. The number of hydrogen-bond donors (Lipinski definition) is 1. The zero-order valence-corrected chi connectivity index (χ0v) is 11.2. The van der Waals surface area contributed by atoms with E-state index in [0.29, 0.717) is 18.5 Å². The standard InChI is InChI=1S/C14H18N2O3/c1-15(2)11-6-3-5-10(9-11)13(17)16-8-4-7-12(16)14(18)19/h3,5-6,9,12H,4,7-8H2,1-2H3,(H,18,19). The molecular formula is C14H18N2O3. The van der Waals surface area contributed by atoms with Crippen LogP contribution in [-0.2, 0) is 4.79 Å². The Morgan fingerprint density at radius 1 is 1.37 bits per heavy atom. The van der Waals surface area contributed by atoms with Crippen molar-refractivity contribution in [3.63, 3.8) is 0 Å². The van der Waals surface area contributed by atoms with Gasteiger partial charge in [0.2, 0.25) is 0 Å². The highest BCUT2D eigenvalue weighted by Gasteiger charge is 2.34. The topological polar surface area (TPSA) is 60.9 Å². The van der Waals surface area contributed by atoms with Crippen LogP contribution in [0, 0.1) is 0 Å². The minimum atomic E-state index is -0.922. The van der Waals surface area contributed by atoms with E-state index in [1.807, 2.05) is 31.1 Å². The summed E-state index contributed by atoms with van der Waals surface area (Å²) in [6, 6.07) is 6.56. The molecule has 0 aliphatic carbocycles. The molecule has 1 N–H and O–H groups in total. The summed E-state index contributed by atoms with van der Waals surface area (Å²) in [5.74, 6) is -1.12. The van der Waals surface area contributed by atoms with Crippen LogP contribution in [0.5, 0.6) is 0 Å². The van der Waals surface area contributed by atoms with Crippen molar-refractivity contribution in [2.45, 2.75) is 18.9 Å². The molecular weight excluding hydrogens is 244 g/mol. The maximum Gasteiger partial charge on any atom is 0.326 e. The van der Waals surface area contributed by atoms with Gasteiger partial charge in [0.1, 0.15) is 6.04 Å². The summed E-state index contributed by atoms with van der Waals surface area (Å²) < 4.78 is 0. The summed E-state index contributed by atoms with van der Waals surface area (Å²) in [7, 11) is 3.80. The fraction of sp³-hybridized carbons (Fsp3) is 0.429. The van der Waals surface area contributed by atoms with E-state index in [0.717, 1.165) is 12.1 Å². The minimum absolute atomic E-state index is 0.200. The average molecular weight is 262 g/mol. The van der Waals surface area contributed by atoms with Gasteiger partial charge in [0.05, 0.1) is 0 Å². The van der Waals surface area contributed by atoms with Crippen molar-refractivity contribution in [3.05, 3.63) is 29.8 Å². The van der Waals surface area contributed by atoms with Crippen LogP contribution in [0.1, 0.15) is 23.2 Å². The molecule has 1 fully saturated rings. The van der Waals surface area contributed by atoms with Crippen LogP contribution in [0.15, 0.2) is 24.3 Å². The van der Waals surface area contributed by atoms with Crippen LogP contribution in [-0.4, -0.2) is 48.6 Å². The first-order chi connectivity index (χ1) is 9.00. The Balaban J connectivity index is 2.24. The zero-order valence-electron chi connectivity index (χ0n) is 11.2. The maximum atomic E-state index is 12.4. The van der Waals surface area contributed by atoms with Crippen LogP contribution in [0.4, 0.5) is 5.69 Å². The van der Waals surface area contributed by atoms with Gasteiger partial charge in [-0.05, 0) is 31.0 Å². The van der Waals surface area contributed by atoms with Crippen LogP contribution < -0.4 is 4.90 Å². The van der Waals surface area contributed by atoms with E-state index in [1.54, 1.807) is 12.1 Å². The number of aliphatic carboxylic acids is 1. The number of likely N-dealkylation sites (tertiary alicyclic amines) is 1. The van der Waals surface area contributed by atoms with E-state index >= 15 is 0 Å². The SMILES string of the molecule is CN(C)c1cccc(C(=O)N2CCCC2C(=O)O)c1. The van der Waals surface area contributed by atoms with Gasteiger partial charge in [-0.2, -0.15) is 0 Å². The molecule has 102 valence electrons. The third kappa shape index (κ3) is 2.70. The second kappa shape index (κ2) is 5.30. The Kier molecular flexibility index (Phi) is 3.74. The number of carboxylic acids is 1. The maximum absolute atomic E-state index is 12.4. The summed E-state index contributed by atoms with van der Waals surface area (Å²) >= 11 is 0. The second-order valence-electron chi connectivity index (χ2n) is 4.94. The molecule has 5 heteroatoms. The van der Waals surface area contributed by atoms with Crippen molar-refractivity contribution in [3.8, 4) is 0 Å². The average Bonchev–Trinajstić information content (AvgIpc) is 2.87. The number of hydrogen-bond acceptors (Lipinski definition) is 3. The molecule has 1 atom stereocenters. The van der Waals surface area contributed by atoms with E-state index < -0.39 is 12.0 Å². The first-order valence-corrected chi connectivity index (χ1v) is 6.32. The Morgan fingerprint density at radius 2 is 2.11 bits per heavy atom. The summed E-state index contributed by atoms with van der Waals surface area (Å²) in [6.45, 7) is 0.516. The molecule has 0 spiro atoms. The first kappa shape index (κ1) is 13.4. The number of rotatable bonds is 3. The number of amides is 1. The van der Waals surface area contributed by atoms with Gasteiger partial charge in [0.25, 0.3) is 5.91 Å². The lowest BCUT2D eigenvalue weighted by atomic mass is 10.1. The molecule has 2 rings (SSSR count). The molecule has 0 saturated carbocycles. The molecule has 1 aliphatic rings. The molecule has 1 aliphatic heterocycles. The van der Waals surface area contributed by atoms with Gasteiger partial charge < -0.3 is 14.9 Å². The molecule has 19 heavy (non-hydrogen) atoms.